The zero-order chi connectivity index (χ0) is 34.5. The molecule has 8 heterocycles. The van der Waals surface area contributed by atoms with Gasteiger partial charge in [-0.25, -0.2) is 19.9 Å². The summed E-state index contributed by atoms with van der Waals surface area (Å²) < 4.78 is 7.29. The van der Waals surface area contributed by atoms with Crippen LogP contribution in [-0.4, -0.2) is 64.3 Å². The second-order valence-electron chi connectivity index (χ2n) is 10.6. The van der Waals surface area contributed by atoms with Gasteiger partial charge in [0.1, 0.15) is 28.8 Å². The van der Waals surface area contributed by atoms with Crippen LogP contribution in [0.15, 0.2) is 110 Å². The predicted octanol–water partition coefficient (Wildman–Crippen LogP) is 4.77. The number of carbonyl (C=O) groups excluding carboxylic acids is 1. The van der Waals surface area contributed by atoms with Crippen LogP contribution < -0.4 is 5.73 Å². The average Bonchev–Trinajstić information content (AvgIpc) is 3.94. The summed E-state index contributed by atoms with van der Waals surface area (Å²) in [6, 6.07) is 21.4. The highest BCUT2D eigenvalue weighted by Crippen LogP contribution is 2.23. The lowest BCUT2D eigenvalue weighted by Gasteiger charge is -2.09. The second-order valence-corrected chi connectivity index (χ2v) is 10.6. The van der Waals surface area contributed by atoms with E-state index in [-0.39, 0.29) is 0 Å². The molecule has 0 aliphatic rings. The maximum absolute atomic E-state index is 11.5. The Kier molecular flexibility index (Phi) is 8.97. The number of carbonyl (C=O) groups is 1. The van der Waals surface area contributed by atoms with E-state index in [1.807, 2.05) is 96.0 Å². The molecule has 242 valence electrons. The fourth-order valence-corrected chi connectivity index (χ4v) is 5.24. The predicted molar refractivity (Wildman–Crippen MR) is 179 cm³/mol. The van der Waals surface area contributed by atoms with E-state index < -0.39 is 5.91 Å². The van der Waals surface area contributed by atoms with Crippen LogP contribution in [0.3, 0.4) is 0 Å². The number of rotatable bonds is 5. The number of aryl methyl sites for hydroxylation is 2. The van der Waals surface area contributed by atoms with Crippen LogP contribution >= 0.6 is 0 Å². The summed E-state index contributed by atoms with van der Waals surface area (Å²) in [6.45, 7) is 3.90. The monoisotopic (exact) mass is 652 g/mol. The van der Waals surface area contributed by atoms with Gasteiger partial charge in [0, 0.05) is 23.8 Å². The molecule has 0 spiro atoms. The van der Waals surface area contributed by atoms with Gasteiger partial charge in [0.25, 0.3) is 5.91 Å². The minimum Gasteiger partial charge on any atom is -0.364 e. The van der Waals surface area contributed by atoms with Gasteiger partial charge >= 0.3 is 0 Å². The van der Waals surface area contributed by atoms with Crippen molar-refractivity contribution in [3.8, 4) is 40.2 Å². The second kappa shape index (κ2) is 13.8. The van der Waals surface area contributed by atoms with E-state index in [2.05, 4.69) is 36.0 Å². The first-order chi connectivity index (χ1) is 23.9. The summed E-state index contributed by atoms with van der Waals surface area (Å²) in [5, 5.41) is 21.2. The fraction of sp³-hybridized carbons (Fsp3) is 0.0588. The average molecular weight is 653 g/mol. The summed E-state index contributed by atoms with van der Waals surface area (Å²) in [7, 11) is 0. The maximum atomic E-state index is 11.5. The smallest absolute Gasteiger partial charge is 0.267 e. The minimum atomic E-state index is -0.522. The highest BCUT2D eigenvalue weighted by Gasteiger charge is 2.13. The number of nitrogens with zero attached hydrogens (tertiary/aromatic N) is 11. The molecule has 0 saturated carbocycles. The number of aromatic nitrogens is 10. The number of fused-ring (bicyclic) bond motifs is 2. The number of nitriles is 1. The first-order valence-corrected chi connectivity index (χ1v) is 14.7. The van der Waals surface area contributed by atoms with Gasteiger partial charge in [-0.1, -0.05) is 12.1 Å². The number of hydrogen-bond acceptors (Lipinski definition) is 10. The number of hydrogen-bond donors (Lipinski definition) is 3. The largest absolute Gasteiger partial charge is 0.364 e. The summed E-state index contributed by atoms with van der Waals surface area (Å²) in [4.78, 5) is 37.5. The molecular formula is C34H28N12O3. The van der Waals surface area contributed by atoms with Crippen LogP contribution in [0.2, 0.25) is 0 Å². The van der Waals surface area contributed by atoms with E-state index in [1.165, 1.54) is 6.20 Å². The number of nitrogens with two attached hydrogens (primary N) is 1. The van der Waals surface area contributed by atoms with Crippen molar-refractivity contribution >= 4 is 17.2 Å². The Labute approximate surface area is 278 Å². The van der Waals surface area contributed by atoms with Crippen LogP contribution in [0, 0.1) is 25.2 Å². The van der Waals surface area contributed by atoms with Crippen LogP contribution in [0.25, 0.3) is 45.4 Å². The zero-order valence-corrected chi connectivity index (χ0v) is 26.2. The van der Waals surface area contributed by atoms with Crippen molar-refractivity contribution in [3.05, 3.63) is 133 Å². The van der Waals surface area contributed by atoms with Crippen molar-refractivity contribution in [3.63, 3.8) is 0 Å². The molecule has 0 bridgehead atoms. The zero-order valence-electron chi connectivity index (χ0n) is 26.2. The molecule has 0 aromatic carbocycles. The summed E-state index contributed by atoms with van der Waals surface area (Å²) in [5.74, 6) is -0.522. The molecular weight excluding hydrogens is 624 g/mol. The number of primary amides is 1. The molecule has 8 rings (SSSR count). The van der Waals surface area contributed by atoms with Gasteiger partial charge in [-0.05, 0) is 62.4 Å². The van der Waals surface area contributed by atoms with Crippen molar-refractivity contribution in [1.82, 2.24) is 47.8 Å². The van der Waals surface area contributed by atoms with E-state index >= 15 is 0 Å². The van der Waals surface area contributed by atoms with Gasteiger partial charge in [-0.2, -0.15) is 5.26 Å². The van der Waals surface area contributed by atoms with Crippen molar-refractivity contribution < 1.29 is 15.3 Å². The molecule has 0 unspecified atom stereocenters. The van der Waals surface area contributed by atoms with Crippen LogP contribution in [-0.2, 0) is 0 Å². The van der Waals surface area contributed by atoms with E-state index in [4.69, 9.17) is 21.5 Å². The van der Waals surface area contributed by atoms with E-state index in [1.54, 1.807) is 40.0 Å². The standard InChI is InChI=1S/C17H14N6O.C17H12N6.H2O2/c1-11-3-2-4-13(21-11)14-7-19-10-23(14)12-5-6-16-20-8-15(17(18)24)22(16)9-12;1-12-3-2-4-15(21-12)16-9-19-11-23(16)13-5-6-17-20-8-14(7-18)22(17)10-13;1-2/h2-10H,1H3,(H2,18,24);2-6,8-11H,1H3;1-2H. The lowest BCUT2D eigenvalue weighted by Crippen LogP contribution is -2.13. The van der Waals surface area contributed by atoms with Crippen LogP contribution in [0.5, 0.6) is 0 Å². The minimum absolute atomic E-state index is 0.335. The first kappa shape index (κ1) is 31.9. The molecule has 49 heavy (non-hydrogen) atoms. The van der Waals surface area contributed by atoms with Gasteiger partial charge in [0.15, 0.2) is 0 Å². The Balaban J connectivity index is 0.000000162. The Morgan fingerprint density at radius 3 is 1.73 bits per heavy atom. The SMILES string of the molecule is Cc1cccc(-c2cncn2-c2ccc3ncc(C#N)n3c2)n1.Cc1cccc(-c2cncn2-c2ccc3ncc(C(N)=O)n3c2)n1.OO. The van der Waals surface area contributed by atoms with Gasteiger partial charge in [0.05, 0.1) is 71.6 Å². The molecule has 0 radical (unpaired) electrons. The Morgan fingerprint density at radius 2 is 1.22 bits per heavy atom. The van der Waals surface area contributed by atoms with Gasteiger partial charge in [-0.3, -0.25) is 43.2 Å². The molecule has 0 atom stereocenters. The topological polar surface area (TPSA) is 203 Å². The molecule has 8 aromatic rings. The molecule has 0 saturated heterocycles. The first-order valence-electron chi connectivity index (χ1n) is 14.7. The van der Waals surface area contributed by atoms with Crippen molar-refractivity contribution in [2.24, 2.45) is 5.73 Å². The van der Waals surface area contributed by atoms with Gasteiger partial charge in [-0.15, -0.1) is 0 Å². The highest BCUT2D eigenvalue weighted by atomic mass is 17.0. The quantitative estimate of drug-likeness (QED) is 0.172. The van der Waals surface area contributed by atoms with Gasteiger partial charge < -0.3 is 5.73 Å². The number of pyridine rings is 4. The third kappa shape index (κ3) is 6.36. The molecule has 0 aliphatic carbocycles. The number of imidazole rings is 4. The summed E-state index contributed by atoms with van der Waals surface area (Å²) in [5.41, 5.74) is 14.7. The van der Waals surface area contributed by atoms with Crippen molar-refractivity contribution in [2.45, 2.75) is 13.8 Å². The molecule has 0 fully saturated rings. The van der Waals surface area contributed by atoms with Crippen LogP contribution in [0.4, 0.5) is 0 Å². The molecule has 8 aromatic heterocycles. The highest BCUT2D eigenvalue weighted by molar-refractivity contribution is 5.91. The van der Waals surface area contributed by atoms with E-state index in [0.717, 1.165) is 51.2 Å². The van der Waals surface area contributed by atoms with E-state index in [0.29, 0.717) is 17.0 Å². The Morgan fingerprint density at radius 1 is 0.714 bits per heavy atom. The summed E-state index contributed by atoms with van der Waals surface area (Å²) in [6.07, 6.45) is 13.7. The molecule has 0 aliphatic heterocycles. The normalized spacial score (nSPS) is 10.6. The molecule has 15 heteroatoms. The lowest BCUT2D eigenvalue weighted by atomic mass is 10.2. The maximum Gasteiger partial charge on any atom is 0.267 e. The lowest BCUT2D eigenvalue weighted by molar-refractivity contribution is -0.176. The summed E-state index contributed by atoms with van der Waals surface area (Å²) >= 11 is 0. The molecule has 1 amide bonds. The van der Waals surface area contributed by atoms with Gasteiger partial charge in [0.2, 0.25) is 0 Å². The Hall–Kier alpha value is -7.02. The molecule has 4 N–H and O–H groups in total. The number of amides is 1. The third-order valence-corrected chi connectivity index (χ3v) is 7.48. The van der Waals surface area contributed by atoms with Crippen molar-refractivity contribution in [2.75, 3.05) is 0 Å². The van der Waals surface area contributed by atoms with Crippen molar-refractivity contribution in [1.29, 1.82) is 5.26 Å². The van der Waals surface area contributed by atoms with E-state index in [9.17, 15) is 4.79 Å². The Bertz CT molecular complexity index is 2470. The molecule has 15 nitrogen and oxygen atoms in total. The third-order valence-electron chi connectivity index (χ3n) is 7.48. The van der Waals surface area contributed by atoms with Crippen LogP contribution in [0.1, 0.15) is 27.6 Å². The fourth-order valence-electron chi connectivity index (χ4n) is 5.24.